The fourth-order valence-electron chi connectivity index (χ4n) is 1.17. The molecule has 0 bridgehead atoms. The summed E-state index contributed by atoms with van der Waals surface area (Å²) in [4.78, 5) is 16.8. The molecule has 0 aliphatic rings. The second kappa shape index (κ2) is 7.24. The first-order valence-corrected chi connectivity index (χ1v) is 5.35. The van der Waals surface area contributed by atoms with Crippen LogP contribution < -0.4 is 5.73 Å². The number of nitrogen functional groups attached to an aromatic ring is 1. The molecule has 0 saturated carbocycles. The van der Waals surface area contributed by atoms with Gasteiger partial charge in [-0.3, -0.25) is 4.79 Å². The Bertz CT molecular complexity index is 503. The van der Waals surface area contributed by atoms with Crippen molar-refractivity contribution in [1.29, 1.82) is 0 Å². The number of halogens is 1. The summed E-state index contributed by atoms with van der Waals surface area (Å²) in [5.74, 6) is 0.265. The van der Waals surface area contributed by atoms with Crippen LogP contribution in [0.5, 0.6) is 0 Å². The van der Waals surface area contributed by atoms with Gasteiger partial charge in [-0.2, -0.15) is 0 Å². The van der Waals surface area contributed by atoms with E-state index >= 15 is 0 Å². The SMILES string of the molecule is COC=O.Nc1ncc(-c2ccccc2Cl)cn1. The molecular formula is C12H12ClN3O2. The first-order valence-electron chi connectivity index (χ1n) is 4.98. The fourth-order valence-corrected chi connectivity index (χ4v) is 1.42. The van der Waals surface area contributed by atoms with Crippen molar-refractivity contribution in [3.05, 3.63) is 41.7 Å². The number of carbonyl (C=O) groups excluding carboxylic acids is 1. The highest BCUT2D eigenvalue weighted by Crippen LogP contribution is 2.26. The van der Waals surface area contributed by atoms with Gasteiger partial charge in [-0.1, -0.05) is 29.8 Å². The fraction of sp³-hybridized carbons (Fsp3) is 0.0833. The second-order valence-corrected chi connectivity index (χ2v) is 3.55. The lowest BCUT2D eigenvalue weighted by Crippen LogP contribution is -1.93. The van der Waals surface area contributed by atoms with E-state index in [4.69, 9.17) is 22.1 Å². The molecule has 94 valence electrons. The van der Waals surface area contributed by atoms with E-state index in [1.54, 1.807) is 12.4 Å². The number of nitrogens with two attached hydrogens (primary N) is 1. The van der Waals surface area contributed by atoms with E-state index in [-0.39, 0.29) is 5.95 Å². The monoisotopic (exact) mass is 265 g/mol. The van der Waals surface area contributed by atoms with Crippen molar-refractivity contribution in [2.75, 3.05) is 12.8 Å². The molecule has 0 aliphatic carbocycles. The molecule has 5 nitrogen and oxygen atoms in total. The number of hydrogen-bond acceptors (Lipinski definition) is 5. The van der Waals surface area contributed by atoms with Crippen LogP contribution in [0.4, 0.5) is 5.95 Å². The molecule has 0 amide bonds. The maximum Gasteiger partial charge on any atom is 0.292 e. The van der Waals surface area contributed by atoms with Gasteiger partial charge in [0.2, 0.25) is 5.95 Å². The summed E-state index contributed by atoms with van der Waals surface area (Å²) < 4.78 is 3.86. The molecule has 0 saturated heterocycles. The predicted octanol–water partition coefficient (Wildman–Crippen LogP) is 2.17. The summed E-state index contributed by atoms with van der Waals surface area (Å²) in [6, 6.07) is 7.53. The Kier molecular flexibility index (Phi) is 5.60. The summed E-state index contributed by atoms with van der Waals surface area (Å²) in [6.45, 7) is 0.375. The van der Waals surface area contributed by atoms with Crippen molar-refractivity contribution in [1.82, 2.24) is 9.97 Å². The normalized spacial score (nSPS) is 9.00. The molecule has 1 aromatic heterocycles. The standard InChI is InChI=1S/C10H8ClN3.C2H4O2/c11-9-4-2-1-3-8(9)7-5-13-10(12)14-6-7;1-4-2-3/h1-6H,(H2,12,13,14);2H,1H3. The number of rotatable bonds is 2. The maximum atomic E-state index is 8.95. The van der Waals surface area contributed by atoms with Crippen molar-refractivity contribution in [3.63, 3.8) is 0 Å². The Balaban J connectivity index is 0.000000357. The van der Waals surface area contributed by atoms with Crippen molar-refractivity contribution in [3.8, 4) is 11.1 Å². The average molecular weight is 266 g/mol. The minimum Gasteiger partial charge on any atom is -0.471 e. The molecule has 0 unspecified atom stereocenters. The lowest BCUT2D eigenvalue weighted by molar-refractivity contribution is -0.126. The smallest absolute Gasteiger partial charge is 0.292 e. The Morgan fingerprint density at radius 3 is 2.33 bits per heavy atom. The van der Waals surface area contributed by atoms with E-state index in [1.807, 2.05) is 24.3 Å². The van der Waals surface area contributed by atoms with Crippen LogP contribution in [0.1, 0.15) is 0 Å². The molecule has 0 aliphatic heterocycles. The third-order valence-electron chi connectivity index (χ3n) is 1.95. The zero-order valence-corrected chi connectivity index (χ0v) is 10.5. The Hall–Kier alpha value is -2.14. The molecule has 6 heteroatoms. The summed E-state index contributed by atoms with van der Waals surface area (Å²) in [6.07, 6.45) is 3.31. The number of ether oxygens (including phenoxy) is 1. The van der Waals surface area contributed by atoms with Crippen LogP contribution in [-0.4, -0.2) is 23.5 Å². The molecule has 18 heavy (non-hydrogen) atoms. The van der Waals surface area contributed by atoms with Crippen LogP contribution in [0.15, 0.2) is 36.7 Å². The quantitative estimate of drug-likeness (QED) is 0.842. The topological polar surface area (TPSA) is 78.1 Å². The average Bonchev–Trinajstić information content (AvgIpc) is 2.41. The first-order chi connectivity index (χ1) is 8.69. The van der Waals surface area contributed by atoms with E-state index in [9.17, 15) is 0 Å². The zero-order chi connectivity index (χ0) is 13.4. The molecule has 0 fully saturated rings. The van der Waals surface area contributed by atoms with Gasteiger partial charge in [0, 0.05) is 28.5 Å². The van der Waals surface area contributed by atoms with E-state index in [0.717, 1.165) is 11.1 Å². The van der Waals surface area contributed by atoms with Crippen LogP contribution in [0.3, 0.4) is 0 Å². The van der Waals surface area contributed by atoms with Crippen LogP contribution >= 0.6 is 11.6 Å². The molecule has 2 N–H and O–H groups in total. The van der Waals surface area contributed by atoms with Crippen molar-refractivity contribution >= 4 is 24.0 Å². The molecule has 0 radical (unpaired) electrons. The predicted molar refractivity (Wildman–Crippen MR) is 70.0 cm³/mol. The molecule has 2 rings (SSSR count). The van der Waals surface area contributed by atoms with E-state index in [1.165, 1.54) is 7.11 Å². The minimum absolute atomic E-state index is 0.265. The van der Waals surface area contributed by atoms with Gasteiger partial charge in [-0.15, -0.1) is 0 Å². The van der Waals surface area contributed by atoms with E-state index in [0.29, 0.717) is 11.5 Å². The molecule has 0 atom stereocenters. The third-order valence-corrected chi connectivity index (χ3v) is 2.28. The largest absolute Gasteiger partial charge is 0.471 e. The van der Waals surface area contributed by atoms with Crippen molar-refractivity contribution in [2.45, 2.75) is 0 Å². The van der Waals surface area contributed by atoms with Gasteiger partial charge in [-0.25, -0.2) is 9.97 Å². The lowest BCUT2D eigenvalue weighted by atomic mass is 10.1. The van der Waals surface area contributed by atoms with Crippen LogP contribution in [0, 0.1) is 0 Å². The third kappa shape index (κ3) is 4.03. The number of carbonyl (C=O) groups is 1. The van der Waals surface area contributed by atoms with Crippen molar-refractivity contribution < 1.29 is 9.53 Å². The molecule has 2 aromatic rings. The molecule has 1 heterocycles. The highest BCUT2D eigenvalue weighted by atomic mass is 35.5. The summed E-state index contributed by atoms with van der Waals surface area (Å²) in [5.41, 5.74) is 7.16. The van der Waals surface area contributed by atoms with Gasteiger partial charge < -0.3 is 10.5 Å². The number of aromatic nitrogens is 2. The van der Waals surface area contributed by atoms with Crippen LogP contribution in [0.2, 0.25) is 5.02 Å². The lowest BCUT2D eigenvalue weighted by Gasteiger charge is -2.02. The number of hydrogen-bond donors (Lipinski definition) is 1. The molecule has 1 aromatic carbocycles. The van der Waals surface area contributed by atoms with Gasteiger partial charge >= 0.3 is 0 Å². The van der Waals surface area contributed by atoms with Crippen molar-refractivity contribution in [2.24, 2.45) is 0 Å². The Morgan fingerprint density at radius 2 is 1.83 bits per heavy atom. The number of methoxy groups -OCH3 is 1. The Morgan fingerprint density at radius 1 is 1.28 bits per heavy atom. The van der Waals surface area contributed by atoms with E-state index in [2.05, 4.69) is 14.7 Å². The highest BCUT2D eigenvalue weighted by Gasteiger charge is 2.02. The van der Waals surface area contributed by atoms with Gasteiger partial charge in [0.1, 0.15) is 0 Å². The summed E-state index contributed by atoms with van der Waals surface area (Å²) in [5, 5.41) is 0.681. The van der Waals surface area contributed by atoms with Gasteiger partial charge in [-0.05, 0) is 6.07 Å². The van der Waals surface area contributed by atoms with Gasteiger partial charge in [0.15, 0.2) is 0 Å². The van der Waals surface area contributed by atoms with Crippen LogP contribution in [-0.2, 0) is 9.53 Å². The first kappa shape index (κ1) is 13.9. The van der Waals surface area contributed by atoms with Gasteiger partial charge in [0.05, 0.1) is 7.11 Å². The highest BCUT2D eigenvalue weighted by molar-refractivity contribution is 6.33. The number of benzene rings is 1. The number of nitrogens with zero attached hydrogens (tertiary/aromatic N) is 2. The second-order valence-electron chi connectivity index (χ2n) is 3.14. The van der Waals surface area contributed by atoms with Gasteiger partial charge in [0.25, 0.3) is 6.47 Å². The molecular weight excluding hydrogens is 254 g/mol. The number of anilines is 1. The summed E-state index contributed by atoms with van der Waals surface area (Å²) in [7, 11) is 1.31. The summed E-state index contributed by atoms with van der Waals surface area (Å²) >= 11 is 6.01. The molecule has 0 spiro atoms. The zero-order valence-electron chi connectivity index (χ0n) is 9.71. The Labute approximate surface area is 110 Å². The minimum atomic E-state index is 0.265. The van der Waals surface area contributed by atoms with Crippen LogP contribution in [0.25, 0.3) is 11.1 Å². The maximum absolute atomic E-state index is 8.95. The van der Waals surface area contributed by atoms with E-state index < -0.39 is 0 Å².